The molecule has 1 aliphatic heterocycles. The number of phenolic OH excluding ortho intramolecular Hbond substituents is 1. The molecule has 2 N–H and O–H groups in total. The van der Waals surface area contributed by atoms with Gasteiger partial charge in [0.05, 0.1) is 9.80 Å². The molecule has 1 aromatic carbocycles. The molecule has 5 heteroatoms. The molecule has 0 amide bonds. The largest absolute Gasteiger partial charge is 0.508 e. The zero-order valence-electron chi connectivity index (χ0n) is 9.77. The summed E-state index contributed by atoms with van der Waals surface area (Å²) in [6.07, 6.45) is 2.09. The van der Waals surface area contributed by atoms with Crippen molar-refractivity contribution >= 4 is 15.9 Å². The quantitative estimate of drug-likeness (QED) is 0.857. The smallest absolute Gasteiger partial charge is 0.203 e. The van der Waals surface area contributed by atoms with E-state index >= 15 is 0 Å². The number of rotatable bonds is 3. The number of phenols is 1. The normalized spacial score (nSPS) is 18.6. The maximum atomic E-state index is 12.2. The first kappa shape index (κ1) is 12.1. The highest BCUT2D eigenvalue weighted by molar-refractivity contribution is 7.95. The first-order chi connectivity index (χ1) is 7.95. The lowest BCUT2D eigenvalue weighted by molar-refractivity contribution is 0.474. The molecule has 0 aromatic heterocycles. The second-order valence-electron chi connectivity index (χ2n) is 4.23. The monoisotopic (exact) mass is 253 g/mol. The standard InChI is InChI=1S/C12H15NO3S/c1-8(13-2)5-11-7-9-6-10(14)3-4-12(9)17(11,15)16/h3-4,6-8,13-14H,5H2,1-2H3. The third-order valence-electron chi connectivity index (χ3n) is 2.94. The summed E-state index contributed by atoms with van der Waals surface area (Å²) in [7, 11) is -1.56. The second-order valence-corrected chi connectivity index (χ2v) is 6.20. The molecule has 0 radical (unpaired) electrons. The van der Waals surface area contributed by atoms with E-state index in [1.54, 1.807) is 13.1 Å². The van der Waals surface area contributed by atoms with Gasteiger partial charge in [0.1, 0.15) is 5.75 Å². The van der Waals surface area contributed by atoms with Crippen molar-refractivity contribution in [1.82, 2.24) is 5.32 Å². The Labute approximate surface area is 101 Å². The van der Waals surface area contributed by atoms with Crippen LogP contribution in [0, 0.1) is 0 Å². The fourth-order valence-electron chi connectivity index (χ4n) is 1.86. The predicted octanol–water partition coefficient (Wildman–Crippen LogP) is 1.52. The molecule has 1 heterocycles. The highest BCUT2D eigenvalue weighted by Crippen LogP contribution is 2.36. The van der Waals surface area contributed by atoms with Crippen LogP contribution < -0.4 is 5.32 Å². The topological polar surface area (TPSA) is 66.4 Å². The van der Waals surface area contributed by atoms with Crippen LogP contribution in [-0.4, -0.2) is 26.6 Å². The molecule has 92 valence electrons. The van der Waals surface area contributed by atoms with Gasteiger partial charge in [-0.15, -0.1) is 0 Å². The molecule has 1 atom stereocenters. The molecule has 0 spiro atoms. The minimum atomic E-state index is -3.36. The highest BCUT2D eigenvalue weighted by Gasteiger charge is 2.30. The fraction of sp³-hybridized carbons (Fsp3) is 0.333. The molecule has 0 saturated carbocycles. The number of aromatic hydroxyl groups is 1. The molecule has 0 aliphatic carbocycles. The minimum Gasteiger partial charge on any atom is -0.508 e. The summed E-state index contributed by atoms with van der Waals surface area (Å²) in [6.45, 7) is 1.93. The third kappa shape index (κ3) is 2.08. The van der Waals surface area contributed by atoms with Crippen LogP contribution in [0.1, 0.15) is 18.9 Å². The van der Waals surface area contributed by atoms with Gasteiger partial charge in [-0.2, -0.15) is 0 Å². The van der Waals surface area contributed by atoms with Gasteiger partial charge in [-0.25, -0.2) is 8.42 Å². The fourth-order valence-corrected chi connectivity index (χ4v) is 3.57. The predicted molar refractivity (Wildman–Crippen MR) is 66.4 cm³/mol. The summed E-state index contributed by atoms with van der Waals surface area (Å²) in [5.41, 5.74) is 0.573. The Bertz CT molecular complexity index is 575. The first-order valence-electron chi connectivity index (χ1n) is 5.41. The van der Waals surface area contributed by atoms with Crippen molar-refractivity contribution in [2.45, 2.75) is 24.3 Å². The molecule has 1 aromatic rings. The van der Waals surface area contributed by atoms with Gasteiger partial charge >= 0.3 is 0 Å². The van der Waals surface area contributed by atoms with Gasteiger partial charge in [-0.3, -0.25) is 0 Å². The number of hydrogen-bond donors (Lipinski definition) is 2. The molecule has 1 unspecified atom stereocenters. The van der Waals surface area contributed by atoms with Crippen molar-refractivity contribution < 1.29 is 13.5 Å². The van der Waals surface area contributed by atoms with Crippen molar-refractivity contribution in [3.8, 4) is 5.75 Å². The second kappa shape index (κ2) is 4.16. The van der Waals surface area contributed by atoms with E-state index in [1.807, 2.05) is 6.92 Å². The zero-order valence-corrected chi connectivity index (χ0v) is 10.6. The van der Waals surface area contributed by atoms with Gasteiger partial charge in [0, 0.05) is 6.04 Å². The molecule has 0 saturated heterocycles. The van der Waals surface area contributed by atoms with Gasteiger partial charge in [0.2, 0.25) is 9.84 Å². The molecule has 4 nitrogen and oxygen atoms in total. The van der Waals surface area contributed by atoms with Crippen molar-refractivity contribution in [2.75, 3.05) is 7.05 Å². The molecule has 17 heavy (non-hydrogen) atoms. The van der Waals surface area contributed by atoms with E-state index in [9.17, 15) is 13.5 Å². The Kier molecular flexibility index (Phi) is 2.97. The van der Waals surface area contributed by atoms with Gasteiger partial charge < -0.3 is 10.4 Å². The maximum absolute atomic E-state index is 12.2. The lowest BCUT2D eigenvalue weighted by Crippen LogP contribution is -2.22. The molecular formula is C12H15NO3S. The summed E-state index contributed by atoms with van der Waals surface area (Å²) >= 11 is 0. The number of nitrogens with one attached hydrogen (secondary N) is 1. The van der Waals surface area contributed by atoms with Crippen LogP contribution in [-0.2, 0) is 9.84 Å². The third-order valence-corrected chi connectivity index (χ3v) is 4.87. The first-order valence-corrected chi connectivity index (χ1v) is 6.89. The van der Waals surface area contributed by atoms with Crippen LogP contribution in [0.3, 0.4) is 0 Å². The highest BCUT2D eigenvalue weighted by atomic mass is 32.2. The van der Waals surface area contributed by atoms with Gasteiger partial charge in [-0.05, 0) is 50.2 Å². The number of sulfone groups is 1. The van der Waals surface area contributed by atoms with E-state index in [1.165, 1.54) is 18.2 Å². The molecule has 0 fully saturated rings. The van der Waals surface area contributed by atoms with E-state index in [2.05, 4.69) is 5.32 Å². The SMILES string of the molecule is CNC(C)CC1=Cc2cc(O)ccc2S1(=O)=O. The number of hydrogen-bond acceptors (Lipinski definition) is 4. The van der Waals surface area contributed by atoms with Gasteiger partial charge in [-0.1, -0.05) is 0 Å². The average Bonchev–Trinajstić information content (AvgIpc) is 2.50. The summed E-state index contributed by atoms with van der Waals surface area (Å²) < 4.78 is 24.3. The summed E-state index contributed by atoms with van der Waals surface area (Å²) in [4.78, 5) is 0.688. The van der Waals surface area contributed by atoms with E-state index in [4.69, 9.17) is 0 Å². The van der Waals surface area contributed by atoms with E-state index in [0.29, 0.717) is 16.9 Å². The van der Waals surface area contributed by atoms with Crippen LogP contribution in [0.25, 0.3) is 6.08 Å². The van der Waals surface area contributed by atoms with Crippen LogP contribution >= 0.6 is 0 Å². The number of benzene rings is 1. The van der Waals surface area contributed by atoms with Crippen LogP contribution in [0.15, 0.2) is 28.0 Å². The van der Waals surface area contributed by atoms with Gasteiger partial charge in [0.15, 0.2) is 0 Å². The lowest BCUT2D eigenvalue weighted by atomic mass is 10.1. The molecule has 2 rings (SSSR count). The van der Waals surface area contributed by atoms with E-state index < -0.39 is 9.84 Å². The molecular weight excluding hydrogens is 238 g/mol. The molecule has 0 bridgehead atoms. The summed E-state index contributed by atoms with van der Waals surface area (Å²) in [5, 5.41) is 12.4. The number of fused-ring (bicyclic) bond motifs is 1. The van der Waals surface area contributed by atoms with Crippen molar-refractivity contribution in [1.29, 1.82) is 0 Å². The van der Waals surface area contributed by atoms with Crippen molar-refractivity contribution in [3.05, 3.63) is 28.7 Å². The van der Waals surface area contributed by atoms with Crippen molar-refractivity contribution in [3.63, 3.8) is 0 Å². The van der Waals surface area contributed by atoms with Crippen LogP contribution in [0.5, 0.6) is 5.75 Å². The maximum Gasteiger partial charge on any atom is 0.203 e. The average molecular weight is 253 g/mol. The van der Waals surface area contributed by atoms with E-state index in [0.717, 1.165) is 0 Å². The Balaban J connectivity index is 2.43. The minimum absolute atomic E-state index is 0.0816. The summed E-state index contributed by atoms with van der Waals surface area (Å²) in [5.74, 6) is 0.0816. The van der Waals surface area contributed by atoms with Crippen molar-refractivity contribution in [2.24, 2.45) is 0 Å². The van der Waals surface area contributed by atoms with E-state index in [-0.39, 0.29) is 16.7 Å². The Hall–Kier alpha value is -1.33. The Morgan fingerprint density at radius 3 is 2.76 bits per heavy atom. The van der Waals surface area contributed by atoms with Crippen LogP contribution in [0.2, 0.25) is 0 Å². The summed E-state index contributed by atoms with van der Waals surface area (Å²) in [6, 6.07) is 4.42. The van der Waals surface area contributed by atoms with Crippen LogP contribution in [0.4, 0.5) is 0 Å². The Morgan fingerprint density at radius 2 is 2.12 bits per heavy atom. The Morgan fingerprint density at radius 1 is 1.41 bits per heavy atom. The lowest BCUT2D eigenvalue weighted by Gasteiger charge is -2.10. The molecule has 1 aliphatic rings. The zero-order chi connectivity index (χ0) is 12.6. The van der Waals surface area contributed by atoms with Gasteiger partial charge in [0.25, 0.3) is 0 Å².